The van der Waals surface area contributed by atoms with Crippen LogP contribution >= 0.6 is 0 Å². The Balaban J connectivity index is 1.97. The van der Waals surface area contributed by atoms with Crippen LogP contribution in [0.4, 0.5) is 0 Å². The summed E-state index contributed by atoms with van der Waals surface area (Å²) in [5, 5.41) is 0. The molecule has 1 heterocycles. The van der Waals surface area contributed by atoms with E-state index < -0.39 is 10.0 Å². The van der Waals surface area contributed by atoms with E-state index in [0.717, 1.165) is 32.1 Å². The van der Waals surface area contributed by atoms with Crippen molar-refractivity contribution in [3.05, 3.63) is 0 Å². The summed E-state index contributed by atoms with van der Waals surface area (Å²) in [6.07, 6.45) is 9.03. The minimum absolute atomic E-state index is 0.0899. The largest absolute Gasteiger partial charge is 0.299 e. The molecule has 0 aromatic rings. The quantitative estimate of drug-likeness (QED) is 0.784. The lowest BCUT2D eigenvalue weighted by atomic mass is 9.75. The van der Waals surface area contributed by atoms with Crippen LogP contribution in [0.3, 0.4) is 0 Å². The number of carbonyl (C=O) groups excluding carboxylic acids is 1. The molecule has 0 aromatic heterocycles. The van der Waals surface area contributed by atoms with E-state index in [2.05, 4.69) is 6.92 Å². The van der Waals surface area contributed by atoms with Gasteiger partial charge in [0.05, 0.1) is 6.26 Å². The van der Waals surface area contributed by atoms with Crippen molar-refractivity contribution in [1.82, 2.24) is 4.31 Å². The van der Waals surface area contributed by atoms with Crippen LogP contribution in [0.25, 0.3) is 0 Å². The van der Waals surface area contributed by atoms with E-state index in [1.807, 2.05) is 0 Å². The molecule has 0 spiro atoms. The van der Waals surface area contributed by atoms with Gasteiger partial charge in [-0.05, 0) is 38.0 Å². The van der Waals surface area contributed by atoms with E-state index >= 15 is 0 Å². The lowest BCUT2D eigenvalue weighted by Crippen LogP contribution is -2.41. The maximum atomic E-state index is 12.7. The predicted molar refractivity (Wildman–Crippen MR) is 80.0 cm³/mol. The summed E-state index contributed by atoms with van der Waals surface area (Å²) < 4.78 is 24.8. The Kier molecular flexibility index (Phi) is 4.90. The van der Waals surface area contributed by atoms with Gasteiger partial charge >= 0.3 is 0 Å². The normalized spacial score (nSPS) is 27.6. The van der Waals surface area contributed by atoms with E-state index in [1.165, 1.54) is 19.1 Å². The molecular weight excluding hydrogens is 274 g/mol. The Morgan fingerprint density at radius 2 is 1.90 bits per heavy atom. The molecule has 2 rings (SSSR count). The van der Waals surface area contributed by atoms with Gasteiger partial charge in [0.25, 0.3) is 0 Å². The molecule has 2 aliphatic rings. The zero-order valence-corrected chi connectivity index (χ0v) is 13.5. The number of piperidine rings is 1. The number of Topliss-reactive ketones (excluding diaryl/α,β-unsaturated/α-hetero) is 1. The molecule has 1 aliphatic heterocycles. The Labute approximate surface area is 123 Å². The van der Waals surface area contributed by atoms with Gasteiger partial charge in [0.15, 0.2) is 0 Å². The van der Waals surface area contributed by atoms with Gasteiger partial charge in [-0.25, -0.2) is 12.7 Å². The van der Waals surface area contributed by atoms with Crippen LogP contribution in [0.5, 0.6) is 0 Å². The van der Waals surface area contributed by atoms with E-state index in [0.29, 0.717) is 25.3 Å². The minimum atomic E-state index is -3.11. The fourth-order valence-corrected chi connectivity index (χ4v) is 4.80. The van der Waals surface area contributed by atoms with E-state index in [1.54, 1.807) is 4.31 Å². The molecule has 20 heavy (non-hydrogen) atoms. The summed E-state index contributed by atoms with van der Waals surface area (Å²) in [6.45, 7) is 3.26. The van der Waals surface area contributed by atoms with Crippen molar-refractivity contribution in [2.75, 3.05) is 19.3 Å². The van der Waals surface area contributed by atoms with Crippen LogP contribution in [-0.4, -0.2) is 37.9 Å². The molecule has 2 fully saturated rings. The van der Waals surface area contributed by atoms with Crippen molar-refractivity contribution in [3.8, 4) is 0 Å². The van der Waals surface area contributed by atoms with E-state index in [9.17, 15) is 13.2 Å². The predicted octanol–water partition coefficient (Wildman–Crippen LogP) is 2.59. The van der Waals surface area contributed by atoms with Gasteiger partial charge in [0.1, 0.15) is 5.78 Å². The van der Waals surface area contributed by atoms with Crippen LogP contribution in [0.2, 0.25) is 0 Å². The monoisotopic (exact) mass is 301 g/mol. The number of hydrogen-bond acceptors (Lipinski definition) is 3. The molecule has 0 radical (unpaired) electrons. The Morgan fingerprint density at radius 3 is 2.45 bits per heavy atom. The third kappa shape index (κ3) is 3.42. The fourth-order valence-electron chi connectivity index (χ4n) is 3.85. The summed E-state index contributed by atoms with van der Waals surface area (Å²) in [5.74, 6) is 0.604. The van der Waals surface area contributed by atoms with E-state index in [-0.39, 0.29) is 11.3 Å². The maximum Gasteiger partial charge on any atom is 0.211 e. The SMILES string of the molecule is CCC1(C(=O)CC2CCCN(S(C)(=O)=O)C2)CCCC1. The highest BCUT2D eigenvalue weighted by Crippen LogP contribution is 2.43. The zero-order valence-electron chi connectivity index (χ0n) is 12.7. The first-order chi connectivity index (χ1) is 9.37. The van der Waals surface area contributed by atoms with Crippen LogP contribution in [0.1, 0.15) is 58.3 Å². The lowest BCUT2D eigenvalue weighted by molar-refractivity contribution is -0.130. The molecule has 1 atom stereocenters. The highest BCUT2D eigenvalue weighted by molar-refractivity contribution is 7.88. The fraction of sp³-hybridized carbons (Fsp3) is 0.933. The Hall–Kier alpha value is -0.420. The first-order valence-electron chi connectivity index (χ1n) is 7.86. The van der Waals surface area contributed by atoms with Gasteiger partial charge in [-0.2, -0.15) is 0 Å². The number of ketones is 1. The van der Waals surface area contributed by atoms with Gasteiger partial charge in [-0.15, -0.1) is 0 Å². The molecule has 0 aromatic carbocycles. The van der Waals surface area contributed by atoms with Crippen LogP contribution in [0.15, 0.2) is 0 Å². The lowest BCUT2D eigenvalue weighted by Gasteiger charge is -2.33. The first-order valence-corrected chi connectivity index (χ1v) is 9.71. The molecule has 0 N–H and O–H groups in total. The second kappa shape index (κ2) is 6.14. The summed E-state index contributed by atoms with van der Waals surface area (Å²) in [4.78, 5) is 12.7. The van der Waals surface area contributed by atoms with Gasteiger partial charge in [-0.1, -0.05) is 19.8 Å². The highest BCUT2D eigenvalue weighted by atomic mass is 32.2. The maximum absolute atomic E-state index is 12.7. The molecule has 1 unspecified atom stereocenters. The van der Waals surface area contributed by atoms with Crippen molar-refractivity contribution in [2.24, 2.45) is 11.3 Å². The minimum Gasteiger partial charge on any atom is -0.299 e. The second-order valence-corrected chi connectivity index (χ2v) is 8.58. The van der Waals surface area contributed by atoms with Gasteiger partial charge in [0, 0.05) is 24.9 Å². The number of hydrogen-bond donors (Lipinski definition) is 0. The zero-order chi connectivity index (χ0) is 14.8. The molecule has 0 bridgehead atoms. The number of carbonyl (C=O) groups is 1. The molecular formula is C15H27NO3S. The van der Waals surface area contributed by atoms with Gasteiger partial charge in [-0.3, -0.25) is 4.79 Å². The molecule has 4 nitrogen and oxygen atoms in total. The summed E-state index contributed by atoms with van der Waals surface area (Å²) in [5.41, 5.74) is -0.0899. The number of nitrogens with zero attached hydrogens (tertiary/aromatic N) is 1. The van der Waals surface area contributed by atoms with Crippen LogP contribution in [0, 0.1) is 11.3 Å². The topological polar surface area (TPSA) is 54.5 Å². The molecule has 0 amide bonds. The summed E-state index contributed by atoms with van der Waals surface area (Å²) in [7, 11) is -3.11. The van der Waals surface area contributed by atoms with Gasteiger partial charge < -0.3 is 0 Å². The molecule has 1 saturated carbocycles. The van der Waals surface area contributed by atoms with Gasteiger partial charge in [0.2, 0.25) is 10.0 Å². The highest BCUT2D eigenvalue weighted by Gasteiger charge is 2.40. The number of sulfonamides is 1. The molecule has 116 valence electrons. The van der Waals surface area contributed by atoms with Crippen LogP contribution in [-0.2, 0) is 14.8 Å². The standard InChI is InChI=1S/C15H27NO3S/c1-3-15(8-4-5-9-15)14(17)11-13-7-6-10-16(12-13)20(2,18)19/h13H,3-12H2,1-2H3. The van der Waals surface area contributed by atoms with Crippen molar-refractivity contribution >= 4 is 15.8 Å². The average Bonchev–Trinajstić information content (AvgIpc) is 2.88. The third-order valence-corrected chi connectivity index (χ3v) is 6.52. The van der Waals surface area contributed by atoms with Crippen LogP contribution < -0.4 is 0 Å². The molecule has 5 heteroatoms. The van der Waals surface area contributed by atoms with Crippen molar-refractivity contribution in [1.29, 1.82) is 0 Å². The molecule has 1 saturated heterocycles. The smallest absolute Gasteiger partial charge is 0.211 e. The van der Waals surface area contributed by atoms with Crippen molar-refractivity contribution < 1.29 is 13.2 Å². The van der Waals surface area contributed by atoms with E-state index in [4.69, 9.17) is 0 Å². The molecule has 1 aliphatic carbocycles. The Morgan fingerprint density at radius 1 is 1.25 bits per heavy atom. The average molecular weight is 301 g/mol. The summed E-state index contributed by atoms with van der Waals surface area (Å²) in [6, 6.07) is 0. The van der Waals surface area contributed by atoms with Crippen molar-refractivity contribution in [2.45, 2.75) is 58.3 Å². The second-order valence-electron chi connectivity index (χ2n) is 6.60. The third-order valence-electron chi connectivity index (χ3n) is 5.25. The van der Waals surface area contributed by atoms with Crippen molar-refractivity contribution in [3.63, 3.8) is 0 Å². The first kappa shape index (κ1) is 16.0. The Bertz CT molecular complexity index is 452. The number of rotatable bonds is 5. The summed E-state index contributed by atoms with van der Waals surface area (Å²) >= 11 is 0.